The Kier molecular flexibility index (Phi) is 3.52. The number of halogens is 3. The number of rotatable bonds is 1. The Morgan fingerprint density at radius 1 is 1.06 bits per heavy atom. The van der Waals surface area contributed by atoms with E-state index in [0.29, 0.717) is 31.9 Å². The summed E-state index contributed by atoms with van der Waals surface area (Å²) in [7, 11) is 0. The number of aromatic nitrogens is 2. The molecule has 1 aromatic carbocycles. The monoisotopic (exact) mass is 302 g/mol. The highest BCUT2D eigenvalue weighted by Gasteiger charge is 2.16. The molecule has 2 aromatic rings. The normalized spacial score (nSPS) is 10.7. The van der Waals surface area contributed by atoms with Gasteiger partial charge in [0.25, 0.3) is 0 Å². The summed E-state index contributed by atoms with van der Waals surface area (Å²) in [5, 5.41) is 1.15. The van der Waals surface area contributed by atoms with Crippen LogP contribution >= 0.6 is 34.8 Å². The Morgan fingerprint density at radius 2 is 1.72 bits per heavy atom. The molecule has 0 saturated carbocycles. The Bertz CT molecular complexity index is 605. The van der Waals surface area contributed by atoms with E-state index in [1.54, 1.807) is 19.1 Å². The minimum atomic E-state index is 0.109. The zero-order valence-electron chi connectivity index (χ0n) is 9.34. The van der Waals surface area contributed by atoms with Crippen LogP contribution in [0.1, 0.15) is 5.69 Å². The predicted octanol–water partition coefficient (Wildman–Crippen LogP) is 3.58. The largest absolute Gasteiger partial charge is 0.383 e. The van der Waals surface area contributed by atoms with E-state index in [1.807, 2.05) is 0 Å². The van der Waals surface area contributed by atoms with Gasteiger partial charge in [-0.05, 0) is 19.1 Å². The molecular weight excluding hydrogens is 295 g/mol. The lowest BCUT2D eigenvalue weighted by atomic mass is 10.0. The maximum absolute atomic E-state index is 6.15. The molecule has 0 saturated heterocycles. The van der Waals surface area contributed by atoms with Gasteiger partial charge in [-0.3, -0.25) is 0 Å². The van der Waals surface area contributed by atoms with Crippen LogP contribution in [-0.2, 0) is 0 Å². The number of hydrogen-bond donors (Lipinski definition) is 2. The summed E-state index contributed by atoms with van der Waals surface area (Å²) in [4.78, 5) is 7.96. The van der Waals surface area contributed by atoms with Gasteiger partial charge in [0.15, 0.2) is 0 Å². The quantitative estimate of drug-likeness (QED) is 0.789. The molecule has 1 heterocycles. The van der Waals surface area contributed by atoms with Gasteiger partial charge in [-0.15, -0.1) is 0 Å². The van der Waals surface area contributed by atoms with Crippen molar-refractivity contribution >= 4 is 46.6 Å². The standard InChI is InChI=1S/C11H9Cl3N4/c1-4-8(10(15)18-11(16)17-4)6-2-5(12)3-7(13)9(6)14/h2-3H,1H3,(H4,15,16,17,18). The first-order chi connectivity index (χ1) is 8.40. The minimum absolute atomic E-state index is 0.109. The molecule has 0 bridgehead atoms. The van der Waals surface area contributed by atoms with E-state index in [9.17, 15) is 0 Å². The van der Waals surface area contributed by atoms with Crippen molar-refractivity contribution in [3.63, 3.8) is 0 Å². The molecule has 0 aliphatic carbocycles. The molecule has 0 atom stereocenters. The predicted molar refractivity (Wildman–Crippen MR) is 76.1 cm³/mol. The van der Waals surface area contributed by atoms with Gasteiger partial charge in [0.2, 0.25) is 5.95 Å². The molecule has 18 heavy (non-hydrogen) atoms. The second-order valence-corrected chi connectivity index (χ2v) is 4.90. The Balaban J connectivity index is 2.77. The van der Waals surface area contributed by atoms with Gasteiger partial charge in [-0.1, -0.05) is 34.8 Å². The third kappa shape index (κ3) is 2.32. The van der Waals surface area contributed by atoms with E-state index in [2.05, 4.69) is 9.97 Å². The zero-order valence-corrected chi connectivity index (χ0v) is 11.6. The molecular formula is C11H9Cl3N4. The van der Waals surface area contributed by atoms with Gasteiger partial charge >= 0.3 is 0 Å². The van der Waals surface area contributed by atoms with Crippen molar-refractivity contribution in [1.29, 1.82) is 0 Å². The lowest BCUT2D eigenvalue weighted by Crippen LogP contribution is -2.04. The van der Waals surface area contributed by atoms with Crippen molar-refractivity contribution in [2.75, 3.05) is 11.5 Å². The van der Waals surface area contributed by atoms with Crippen LogP contribution < -0.4 is 11.5 Å². The topological polar surface area (TPSA) is 77.8 Å². The van der Waals surface area contributed by atoms with E-state index >= 15 is 0 Å². The lowest BCUT2D eigenvalue weighted by Gasteiger charge is -2.12. The lowest BCUT2D eigenvalue weighted by molar-refractivity contribution is 1.13. The molecule has 0 aliphatic rings. The summed E-state index contributed by atoms with van der Waals surface area (Å²) >= 11 is 18.1. The van der Waals surface area contributed by atoms with Crippen LogP contribution in [-0.4, -0.2) is 9.97 Å². The Hall–Kier alpha value is -1.23. The second kappa shape index (κ2) is 4.80. The molecule has 0 aliphatic heterocycles. The van der Waals surface area contributed by atoms with E-state index < -0.39 is 0 Å². The van der Waals surface area contributed by atoms with Crippen LogP contribution in [0.3, 0.4) is 0 Å². The van der Waals surface area contributed by atoms with E-state index in [-0.39, 0.29) is 11.8 Å². The summed E-state index contributed by atoms with van der Waals surface area (Å²) in [6.45, 7) is 1.76. The first-order valence-electron chi connectivity index (χ1n) is 4.94. The van der Waals surface area contributed by atoms with Crippen LogP contribution in [0.2, 0.25) is 15.1 Å². The van der Waals surface area contributed by atoms with Crippen molar-refractivity contribution < 1.29 is 0 Å². The minimum Gasteiger partial charge on any atom is -0.383 e. The van der Waals surface area contributed by atoms with Gasteiger partial charge in [0.05, 0.1) is 15.7 Å². The first kappa shape index (κ1) is 13.2. The molecule has 0 unspecified atom stereocenters. The van der Waals surface area contributed by atoms with E-state index in [0.717, 1.165) is 0 Å². The van der Waals surface area contributed by atoms with Crippen LogP contribution in [0.25, 0.3) is 11.1 Å². The molecule has 0 amide bonds. The van der Waals surface area contributed by atoms with Gasteiger partial charge < -0.3 is 11.5 Å². The first-order valence-corrected chi connectivity index (χ1v) is 6.08. The molecule has 0 fully saturated rings. The number of aryl methyl sites for hydroxylation is 1. The van der Waals surface area contributed by atoms with Crippen molar-refractivity contribution in [1.82, 2.24) is 9.97 Å². The maximum Gasteiger partial charge on any atom is 0.222 e. The Labute approximate surface area is 119 Å². The molecule has 2 rings (SSSR count). The molecule has 1 aromatic heterocycles. The molecule has 0 radical (unpaired) electrons. The number of nitrogens with zero attached hydrogens (tertiary/aromatic N) is 2. The number of nitrogens with two attached hydrogens (primary N) is 2. The summed E-state index contributed by atoms with van der Waals surface area (Å²) in [6.07, 6.45) is 0. The number of anilines is 2. The smallest absolute Gasteiger partial charge is 0.222 e. The SMILES string of the molecule is Cc1nc(N)nc(N)c1-c1cc(Cl)cc(Cl)c1Cl. The summed E-state index contributed by atoms with van der Waals surface area (Å²) in [6, 6.07) is 3.21. The van der Waals surface area contributed by atoms with Crippen LogP contribution in [0, 0.1) is 6.92 Å². The summed E-state index contributed by atoms with van der Waals surface area (Å²) in [5.41, 5.74) is 13.1. The Morgan fingerprint density at radius 3 is 2.33 bits per heavy atom. The number of nitrogen functional groups attached to an aromatic ring is 2. The zero-order chi connectivity index (χ0) is 13.4. The van der Waals surface area contributed by atoms with E-state index in [4.69, 9.17) is 46.3 Å². The van der Waals surface area contributed by atoms with Gasteiger partial charge in [-0.25, -0.2) is 4.98 Å². The van der Waals surface area contributed by atoms with Crippen LogP contribution in [0.4, 0.5) is 11.8 Å². The molecule has 7 heteroatoms. The molecule has 4 N–H and O–H groups in total. The van der Waals surface area contributed by atoms with Gasteiger partial charge in [0, 0.05) is 16.1 Å². The second-order valence-electron chi connectivity index (χ2n) is 3.68. The van der Waals surface area contributed by atoms with Gasteiger partial charge in [0.1, 0.15) is 5.82 Å². The van der Waals surface area contributed by atoms with Crippen LogP contribution in [0.15, 0.2) is 12.1 Å². The van der Waals surface area contributed by atoms with Crippen molar-refractivity contribution in [3.05, 3.63) is 32.9 Å². The fraction of sp³-hybridized carbons (Fsp3) is 0.0909. The highest BCUT2D eigenvalue weighted by atomic mass is 35.5. The third-order valence-corrected chi connectivity index (χ3v) is 3.42. The van der Waals surface area contributed by atoms with E-state index in [1.165, 1.54) is 0 Å². The van der Waals surface area contributed by atoms with Crippen molar-refractivity contribution in [3.8, 4) is 11.1 Å². The summed E-state index contributed by atoms with van der Waals surface area (Å²) < 4.78 is 0. The fourth-order valence-corrected chi connectivity index (χ4v) is 2.39. The molecule has 4 nitrogen and oxygen atoms in total. The number of benzene rings is 1. The highest BCUT2D eigenvalue weighted by molar-refractivity contribution is 6.45. The van der Waals surface area contributed by atoms with Gasteiger partial charge in [-0.2, -0.15) is 4.98 Å². The van der Waals surface area contributed by atoms with Crippen molar-refractivity contribution in [2.24, 2.45) is 0 Å². The van der Waals surface area contributed by atoms with Crippen molar-refractivity contribution in [2.45, 2.75) is 6.92 Å². The number of hydrogen-bond acceptors (Lipinski definition) is 4. The average molecular weight is 304 g/mol. The fourth-order valence-electron chi connectivity index (χ4n) is 1.69. The maximum atomic E-state index is 6.15. The highest BCUT2D eigenvalue weighted by Crippen LogP contribution is 2.39. The third-order valence-electron chi connectivity index (χ3n) is 2.40. The van der Waals surface area contributed by atoms with Crippen LogP contribution in [0.5, 0.6) is 0 Å². The average Bonchev–Trinajstić information content (AvgIpc) is 2.23. The molecule has 94 valence electrons. The summed E-state index contributed by atoms with van der Waals surface area (Å²) in [5.74, 6) is 0.346. The molecule has 0 spiro atoms.